The highest BCUT2D eigenvalue weighted by Crippen LogP contribution is 2.38. The zero-order valence-electron chi connectivity index (χ0n) is 12.3. The number of nitrogens with zero attached hydrogens (tertiary/aromatic N) is 2. The highest BCUT2D eigenvalue weighted by molar-refractivity contribution is 5.98. The molecule has 0 aromatic heterocycles. The molecule has 8 heteroatoms. The van der Waals surface area contributed by atoms with Crippen molar-refractivity contribution in [3.05, 3.63) is 34.4 Å². The first kappa shape index (κ1) is 16.2. The summed E-state index contributed by atoms with van der Waals surface area (Å²) < 4.78 is 66.2. The van der Waals surface area contributed by atoms with Crippen LogP contribution in [0.15, 0.2) is 12.1 Å². The molecular formula is C15H15F5N2O. The van der Waals surface area contributed by atoms with E-state index in [2.05, 4.69) is 0 Å². The molecule has 1 aromatic rings. The molecule has 0 aliphatic carbocycles. The van der Waals surface area contributed by atoms with Crippen molar-refractivity contribution < 1.29 is 26.7 Å². The highest BCUT2D eigenvalue weighted by Gasteiger charge is 2.40. The smallest absolute Gasteiger partial charge is 0.337 e. The summed E-state index contributed by atoms with van der Waals surface area (Å²) in [6, 6.07) is 2.37. The van der Waals surface area contributed by atoms with Gasteiger partial charge >= 0.3 is 6.18 Å². The van der Waals surface area contributed by atoms with Crippen LogP contribution in [-0.2, 0) is 19.3 Å². The number of halogens is 5. The lowest BCUT2D eigenvalue weighted by Gasteiger charge is -2.17. The lowest BCUT2D eigenvalue weighted by atomic mass is 9.98. The van der Waals surface area contributed by atoms with E-state index in [0.29, 0.717) is 0 Å². The van der Waals surface area contributed by atoms with Gasteiger partial charge in [-0.3, -0.25) is 9.69 Å². The Bertz CT molecular complexity index is 635. The van der Waals surface area contributed by atoms with Crippen molar-refractivity contribution in [3.63, 3.8) is 0 Å². The van der Waals surface area contributed by atoms with Gasteiger partial charge in [0.15, 0.2) is 0 Å². The molecule has 2 atom stereocenters. The molecule has 0 saturated carbocycles. The van der Waals surface area contributed by atoms with Crippen LogP contribution in [0, 0.1) is 0 Å². The van der Waals surface area contributed by atoms with Gasteiger partial charge in [-0.25, -0.2) is 8.78 Å². The van der Waals surface area contributed by atoms with Crippen LogP contribution in [0.4, 0.5) is 22.0 Å². The molecule has 1 fully saturated rings. The first-order valence-electron chi connectivity index (χ1n) is 7.15. The van der Waals surface area contributed by atoms with E-state index in [9.17, 15) is 26.7 Å². The Hall–Kier alpha value is -1.70. The van der Waals surface area contributed by atoms with E-state index < -0.39 is 30.0 Å². The van der Waals surface area contributed by atoms with Gasteiger partial charge in [0, 0.05) is 38.8 Å². The van der Waals surface area contributed by atoms with Crippen molar-refractivity contribution >= 4 is 5.91 Å². The third-order valence-corrected chi connectivity index (χ3v) is 4.25. The van der Waals surface area contributed by atoms with E-state index in [1.54, 1.807) is 0 Å². The summed E-state index contributed by atoms with van der Waals surface area (Å²) in [6.45, 7) is -0.429. The Morgan fingerprint density at radius 1 is 1.17 bits per heavy atom. The minimum atomic E-state index is -4.58. The zero-order chi connectivity index (χ0) is 16.9. The predicted octanol–water partition coefficient (Wildman–Crippen LogP) is 2.78. The normalized spacial score (nSPS) is 25.3. The number of benzene rings is 1. The Morgan fingerprint density at radius 3 is 2.35 bits per heavy atom. The number of likely N-dealkylation sites (tertiary alicyclic amines) is 1. The number of fused-ring (bicyclic) bond motifs is 1. The predicted molar refractivity (Wildman–Crippen MR) is 72.3 cm³/mol. The summed E-state index contributed by atoms with van der Waals surface area (Å²) in [5.74, 6) is -0.472. The van der Waals surface area contributed by atoms with E-state index in [1.807, 2.05) is 0 Å². The van der Waals surface area contributed by atoms with E-state index >= 15 is 0 Å². The lowest BCUT2D eigenvalue weighted by Crippen LogP contribution is -2.22. The van der Waals surface area contributed by atoms with Crippen molar-refractivity contribution in [2.75, 3.05) is 20.1 Å². The van der Waals surface area contributed by atoms with Crippen LogP contribution >= 0.6 is 0 Å². The molecule has 0 spiro atoms. The molecule has 23 heavy (non-hydrogen) atoms. The van der Waals surface area contributed by atoms with Crippen LogP contribution in [0.25, 0.3) is 0 Å². The van der Waals surface area contributed by atoms with E-state index in [-0.39, 0.29) is 42.9 Å². The van der Waals surface area contributed by atoms with Crippen LogP contribution < -0.4 is 0 Å². The van der Waals surface area contributed by atoms with Gasteiger partial charge in [0.25, 0.3) is 5.91 Å². The lowest BCUT2D eigenvalue weighted by molar-refractivity contribution is -0.138. The maximum absolute atomic E-state index is 13.3. The van der Waals surface area contributed by atoms with Crippen molar-refractivity contribution in [3.8, 4) is 0 Å². The van der Waals surface area contributed by atoms with Crippen molar-refractivity contribution in [2.45, 2.75) is 31.6 Å². The maximum Gasteiger partial charge on any atom is 0.416 e. The Balaban J connectivity index is 1.95. The average molecular weight is 334 g/mol. The molecule has 0 N–H and O–H groups in total. The standard InChI is InChI=1S/C15H15F5N2O/c1-21-5-10-9(14(21)23)2-8(3-11(10)15(18,19)20)4-22-6-12(16)13(17)7-22/h2-3,12-13H,4-7H2,1H3. The third kappa shape index (κ3) is 2.91. The molecule has 126 valence electrons. The summed E-state index contributed by atoms with van der Waals surface area (Å²) in [7, 11) is 1.43. The molecule has 1 amide bonds. The summed E-state index contributed by atoms with van der Waals surface area (Å²) in [5.41, 5.74) is -0.636. The number of hydrogen-bond donors (Lipinski definition) is 0. The summed E-state index contributed by atoms with van der Waals surface area (Å²) in [4.78, 5) is 14.6. The first-order valence-corrected chi connectivity index (χ1v) is 7.15. The van der Waals surface area contributed by atoms with Gasteiger partial charge in [0.1, 0.15) is 12.3 Å². The maximum atomic E-state index is 13.3. The Labute approximate surface area is 129 Å². The third-order valence-electron chi connectivity index (χ3n) is 4.25. The molecule has 3 nitrogen and oxygen atoms in total. The van der Waals surface area contributed by atoms with Crippen molar-refractivity contribution in [1.29, 1.82) is 0 Å². The molecule has 1 aromatic carbocycles. The molecule has 0 radical (unpaired) electrons. The average Bonchev–Trinajstić information content (AvgIpc) is 2.90. The van der Waals surface area contributed by atoms with E-state index in [1.165, 1.54) is 22.9 Å². The summed E-state index contributed by atoms with van der Waals surface area (Å²) in [5, 5.41) is 0. The first-order chi connectivity index (χ1) is 10.7. The minimum Gasteiger partial charge on any atom is -0.337 e. The molecule has 3 rings (SSSR count). The van der Waals surface area contributed by atoms with Gasteiger partial charge in [-0.2, -0.15) is 13.2 Å². The van der Waals surface area contributed by atoms with Crippen molar-refractivity contribution in [2.24, 2.45) is 0 Å². The Morgan fingerprint density at radius 2 is 1.78 bits per heavy atom. The monoisotopic (exact) mass is 334 g/mol. The molecule has 0 bridgehead atoms. The molecule has 2 unspecified atom stereocenters. The van der Waals surface area contributed by atoms with E-state index in [0.717, 1.165) is 6.07 Å². The van der Waals surface area contributed by atoms with Gasteiger partial charge in [0.05, 0.1) is 5.56 Å². The molecular weight excluding hydrogens is 319 g/mol. The van der Waals surface area contributed by atoms with E-state index in [4.69, 9.17) is 0 Å². The van der Waals surface area contributed by atoms with Gasteiger partial charge in [-0.1, -0.05) is 0 Å². The van der Waals surface area contributed by atoms with Gasteiger partial charge < -0.3 is 4.90 Å². The molecule has 1 saturated heterocycles. The fourth-order valence-electron chi connectivity index (χ4n) is 3.14. The van der Waals surface area contributed by atoms with Crippen LogP contribution in [0.5, 0.6) is 0 Å². The van der Waals surface area contributed by atoms with Gasteiger partial charge in [-0.15, -0.1) is 0 Å². The van der Waals surface area contributed by atoms with Crippen LogP contribution in [-0.4, -0.2) is 48.2 Å². The SMILES string of the molecule is CN1Cc2c(cc(CN3CC(F)C(F)C3)cc2C(F)(F)F)C1=O. The molecule has 2 aliphatic rings. The number of carbonyl (C=O) groups is 1. The number of alkyl halides is 5. The molecule has 2 heterocycles. The number of amides is 1. The quantitative estimate of drug-likeness (QED) is 0.777. The fraction of sp³-hybridized carbons (Fsp3) is 0.533. The number of rotatable bonds is 2. The second-order valence-electron chi connectivity index (χ2n) is 6.05. The summed E-state index contributed by atoms with van der Waals surface area (Å²) >= 11 is 0. The summed E-state index contributed by atoms with van der Waals surface area (Å²) in [6.07, 6.45) is -7.83. The minimum absolute atomic E-state index is 0.0186. The van der Waals surface area contributed by atoms with Crippen molar-refractivity contribution in [1.82, 2.24) is 9.80 Å². The van der Waals surface area contributed by atoms with Gasteiger partial charge in [-0.05, 0) is 23.3 Å². The molecule has 2 aliphatic heterocycles. The number of hydrogen-bond acceptors (Lipinski definition) is 2. The second-order valence-corrected chi connectivity index (χ2v) is 6.05. The van der Waals surface area contributed by atoms with Crippen LogP contribution in [0.1, 0.15) is 27.0 Å². The highest BCUT2D eigenvalue weighted by atomic mass is 19.4. The van der Waals surface area contributed by atoms with Crippen LogP contribution in [0.2, 0.25) is 0 Å². The number of carbonyl (C=O) groups excluding carboxylic acids is 1. The second kappa shape index (κ2) is 5.43. The topological polar surface area (TPSA) is 23.6 Å². The fourth-order valence-corrected chi connectivity index (χ4v) is 3.14. The Kier molecular flexibility index (Phi) is 3.82. The largest absolute Gasteiger partial charge is 0.416 e. The van der Waals surface area contributed by atoms with Gasteiger partial charge in [0.2, 0.25) is 0 Å². The van der Waals surface area contributed by atoms with Crippen LogP contribution in [0.3, 0.4) is 0 Å². The zero-order valence-corrected chi connectivity index (χ0v) is 12.3.